The minimum absolute atomic E-state index is 0.130. The van der Waals surface area contributed by atoms with Gasteiger partial charge in [0.15, 0.2) is 0 Å². The van der Waals surface area contributed by atoms with Gasteiger partial charge in [0.2, 0.25) is 5.78 Å². The normalized spacial score (nSPS) is 9.38. The van der Waals surface area contributed by atoms with Gasteiger partial charge in [0, 0.05) is 18.1 Å². The molecule has 106 valence electrons. The van der Waals surface area contributed by atoms with Crippen LogP contribution in [0.1, 0.15) is 26.3 Å². The van der Waals surface area contributed by atoms with E-state index < -0.39 is 0 Å². The molecule has 1 aromatic rings. The van der Waals surface area contributed by atoms with Crippen molar-refractivity contribution >= 4 is 5.78 Å². The molecule has 0 aliphatic heterocycles. The second-order valence-electron chi connectivity index (χ2n) is 3.90. The largest absolute Gasteiger partial charge is 0.285 e. The van der Waals surface area contributed by atoms with E-state index in [1.807, 2.05) is 56.3 Å². The number of hydrogen-bond acceptors (Lipinski definition) is 1. The highest BCUT2D eigenvalue weighted by Crippen LogP contribution is 1.95. The van der Waals surface area contributed by atoms with E-state index in [-0.39, 0.29) is 5.78 Å². The molecule has 1 heteroatoms. The first-order valence-corrected chi connectivity index (χ1v) is 6.59. The molecule has 1 nitrogen and oxygen atoms in total. The van der Waals surface area contributed by atoms with E-state index in [1.54, 1.807) is 12.2 Å². The molecule has 0 heterocycles. The Morgan fingerprint density at radius 1 is 1.19 bits per heavy atom. The van der Waals surface area contributed by atoms with Crippen molar-refractivity contribution in [2.45, 2.75) is 20.8 Å². The molecule has 1 rings (SSSR count). The number of Topliss-reactive ketones (excluding diaryl/α,β-unsaturated/α-hetero) is 1. The van der Waals surface area contributed by atoms with Crippen LogP contribution in [-0.2, 0) is 4.79 Å². The highest BCUT2D eigenvalue weighted by atomic mass is 16.1. The van der Waals surface area contributed by atoms with Crippen molar-refractivity contribution in [2.75, 3.05) is 0 Å². The van der Waals surface area contributed by atoms with Crippen LogP contribution in [0.2, 0.25) is 0 Å². The fourth-order valence-electron chi connectivity index (χ4n) is 1.27. The van der Waals surface area contributed by atoms with Crippen molar-refractivity contribution in [1.29, 1.82) is 0 Å². The van der Waals surface area contributed by atoms with Crippen LogP contribution in [0.15, 0.2) is 66.8 Å². The summed E-state index contributed by atoms with van der Waals surface area (Å²) in [6, 6.07) is 9.95. The van der Waals surface area contributed by atoms with Crippen molar-refractivity contribution < 1.29 is 4.79 Å². The first-order valence-electron chi connectivity index (χ1n) is 6.59. The van der Waals surface area contributed by atoms with E-state index in [2.05, 4.69) is 30.3 Å². The topological polar surface area (TPSA) is 17.1 Å². The predicted molar refractivity (Wildman–Crippen MR) is 90.5 cm³/mol. The fraction of sp³-hybridized carbons (Fsp3) is 0.150. The molecule has 0 aliphatic carbocycles. The highest BCUT2D eigenvalue weighted by molar-refractivity contribution is 5.93. The number of ketones is 1. The maximum absolute atomic E-state index is 10.5. The Morgan fingerprint density at radius 2 is 1.86 bits per heavy atom. The summed E-state index contributed by atoms with van der Waals surface area (Å²) in [6.07, 6.45) is 7.10. The quantitative estimate of drug-likeness (QED) is 0.446. The molecule has 0 saturated carbocycles. The maximum atomic E-state index is 10.5. The van der Waals surface area contributed by atoms with Crippen molar-refractivity contribution in [3.05, 3.63) is 72.4 Å². The van der Waals surface area contributed by atoms with Crippen LogP contribution in [0, 0.1) is 23.7 Å². The third-order valence-electron chi connectivity index (χ3n) is 2.07. The van der Waals surface area contributed by atoms with E-state index in [4.69, 9.17) is 0 Å². The van der Waals surface area contributed by atoms with E-state index in [0.717, 1.165) is 11.1 Å². The molecule has 0 aliphatic rings. The first kappa shape index (κ1) is 18.2. The van der Waals surface area contributed by atoms with Crippen LogP contribution >= 0.6 is 0 Å². The summed E-state index contributed by atoms with van der Waals surface area (Å²) in [4.78, 5) is 10.5. The summed E-state index contributed by atoms with van der Waals surface area (Å²) in [5.74, 6) is 10.8. The number of rotatable bonds is 2. The van der Waals surface area contributed by atoms with E-state index in [0.29, 0.717) is 0 Å². The zero-order valence-corrected chi connectivity index (χ0v) is 12.8. The lowest BCUT2D eigenvalue weighted by molar-refractivity contribution is -0.111. The molecule has 0 atom stereocenters. The lowest BCUT2D eigenvalue weighted by Gasteiger charge is -1.84. The minimum atomic E-state index is -0.130. The van der Waals surface area contributed by atoms with Gasteiger partial charge in [-0.25, -0.2) is 0 Å². The van der Waals surface area contributed by atoms with Crippen molar-refractivity contribution in [1.82, 2.24) is 0 Å². The molecular formula is C20H20O. The Balaban J connectivity index is 0.000000394. The van der Waals surface area contributed by atoms with Crippen LogP contribution in [0.5, 0.6) is 0 Å². The fourth-order valence-corrected chi connectivity index (χ4v) is 1.27. The van der Waals surface area contributed by atoms with Crippen molar-refractivity contribution in [2.24, 2.45) is 0 Å². The van der Waals surface area contributed by atoms with Gasteiger partial charge in [-0.05, 0) is 38.0 Å². The molecule has 21 heavy (non-hydrogen) atoms. The summed E-state index contributed by atoms with van der Waals surface area (Å²) in [6.45, 7) is 8.72. The van der Waals surface area contributed by atoms with Gasteiger partial charge in [-0.2, -0.15) is 0 Å². The summed E-state index contributed by atoms with van der Waals surface area (Å²) in [7, 11) is 0. The van der Waals surface area contributed by atoms with E-state index in [1.165, 1.54) is 6.92 Å². The third-order valence-corrected chi connectivity index (χ3v) is 2.07. The summed E-state index contributed by atoms with van der Waals surface area (Å²) in [5, 5.41) is 0. The molecule has 0 radical (unpaired) electrons. The maximum Gasteiger partial charge on any atom is 0.202 e. The molecule has 0 spiro atoms. The summed E-state index contributed by atoms with van der Waals surface area (Å²) in [5.41, 5.74) is 1.88. The SMILES string of the molecule is C=C/C=C(C#CC(C)=O)\C=C/C.CC#Cc1ccccc1. The Bertz CT molecular complexity index is 623. The molecule has 0 amide bonds. The lowest BCUT2D eigenvalue weighted by atomic mass is 10.2. The monoisotopic (exact) mass is 276 g/mol. The van der Waals surface area contributed by atoms with Crippen LogP contribution in [0.4, 0.5) is 0 Å². The number of hydrogen-bond donors (Lipinski definition) is 0. The molecule has 0 N–H and O–H groups in total. The average molecular weight is 276 g/mol. The van der Waals surface area contributed by atoms with Crippen molar-refractivity contribution in [3.8, 4) is 23.7 Å². The second kappa shape index (κ2) is 12.3. The number of benzene rings is 1. The third kappa shape index (κ3) is 10.8. The van der Waals surface area contributed by atoms with Gasteiger partial charge in [-0.15, -0.1) is 5.92 Å². The van der Waals surface area contributed by atoms with Gasteiger partial charge in [-0.1, -0.05) is 54.8 Å². The van der Waals surface area contributed by atoms with Crippen LogP contribution in [0.3, 0.4) is 0 Å². The van der Waals surface area contributed by atoms with Crippen LogP contribution in [-0.4, -0.2) is 5.78 Å². The number of allylic oxidation sites excluding steroid dienone is 5. The van der Waals surface area contributed by atoms with E-state index in [9.17, 15) is 4.79 Å². The Hall–Kier alpha value is -2.77. The van der Waals surface area contributed by atoms with Crippen molar-refractivity contribution in [3.63, 3.8) is 0 Å². The smallest absolute Gasteiger partial charge is 0.202 e. The first-order chi connectivity index (χ1) is 10.1. The average Bonchev–Trinajstić information content (AvgIpc) is 2.47. The molecule has 1 aromatic carbocycles. The zero-order valence-electron chi connectivity index (χ0n) is 12.8. The van der Waals surface area contributed by atoms with Gasteiger partial charge in [0.1, 0.15) is 0 Å². The lowest BCUT2D eigenvalue weighted by Crippen LogP contribution is -1.81. The van der Waals surface area contributed by atoms with E-state index >= 15 is 0 Å². The number of carbonyl (C=O) groups is 1. The molecule has 0 fully saturated rings. The second-order valence-corrected chi connectivity index (χ2v) is 3.90. The van der Waals surface area contributed by atoms with Crippen LogP contribution < -0.4 is 0 Å². The standard InChI is InChI=1S/C11H12O.C9H8/c1-4-6-11(7-5-2)9-8-10(3)12;1-2-6-9-7-4-3-5-8-9/h4-7H,1H2,2-3H3;3-5,7-8H,1H3/b7-5-,11-6+;. The van der Waals surface area contributed by atoms with Gasteiger partial charge < -0.3 is 0 Å². The Labute approximate surface area is 128 Å². The molecule has 0 saturated heterocycles. The molecule has 0 bridgehead atoms. The molecular weight excluding hydrogens is 256 g/mol. The minimum Gasteiger partial charge on any atom is -0.285 e. The Kier molecular flexibility index (Phi) is 10.7. The number of carbonyl (C=O) groups excluding carboxylic acids is 1. The zero-order chi connectivity index (χ0) is 15.9. The van der Waals surface area contributed by atoms with Gasteiger partial charge >= 0.3 is 0 Å². The highest BCUT2D eigenvalue weighted by Gasteiger charge is 1.83. The van der Waals surface area contributed by atoms with Gasteiger partial charge in [0.05, 0.1) is 0 Å². The summed E-state index contributed by atoms with van der Waals surface area (Å²) >= 11 is 0. The van der Waals surface area contributed by atoms with Gasteiger partial charge in [0.25, 0.3) is 0 Å². The molecule has 0 unspecified atom stereocenters. The van der Waals surface area contributed by atoms with Crippen LogP contribution in [0.25, 0.3) is 0 Å². The summed E-state index contributed by atoms with van der Waals surface area (Å²) < 4.78 is 0. The molecule has 0 aromatic heterocycles. The Morgan fingerprint density at radius 3 is 2.33 bits per heavy atom. The van der Waals surface area contributed by atoms with Gasteiger partial charge in [-0.3, -0.25) is 4.79 Å². The predicted octanol–water partition coefficient (Wildman–Crippen LogP) is 4.33.